The van der Waals surface area contributed by atoms with E-state index in [4.69, 9.17) is 9.15 Å². The maximum atomic E-state index is 12.4. The lowest BCUT2D eigenvalue weighted by atomic mass is 10.3. The van der Waals surface area contributed by atoms with E-state index >= 15 is 0 Å². The number of hydrogen-bond donors (Lipinski definition) is 0. The molecule has 4 rings (SSSR count). The van der Waals surface area contributed by atoms with Crippen LogP contribution in [-0.4, -0.2) is 19.9 Å². The Balaban J connectivity index is 1.56. The second kappa shape index (κ2) is 6.56. The molecule has 8 heteroatoms. The Morgan fingerprint density at radius 1 is 1.19 bits per heavy atom. The fourth-order valence-electron chi connectivity index (χ4n) is 2.90. The van der Waals surface area contributed by atoms with Crippen molar-refractivity contribution in [2.75, 3.05) is 0 Å². The lowest BCUT2D eigenvalue weighted by molar-refractivity contribution is -0.148. The summed E-state index contributed by atoms with van der Waals surface area (Å²) in [5.74, 6) is -1.26. The van der Waals surface area contributed by atoms with E-state index in [0.717, 1.165) is 0 Å². The van der Waals surface area contributed by atoms with E-state index in [0.29, 0.717) is 22.4 Å². The number of ether oxygens (including phenoxy) is 1. The van der Waals surface area contributed by atoms with Crippen molar-refractivity contribution in [2.45, 2.75) is 19.6 Å². The maximum absolute atomic E-state index is 12.4. The van der Waals surface area contributed by atoms with Crippen molar-refractivity contribution in [1.82, 2.24) is 14.0 Å². The molecule has 1 atom stereocenters. The van der Waals surface area contributed by atoms with Gasteiger partial charge < -0.3 is 9.15 Å². The van der Waals surface area contributed by atoms with Crippen molar-refractivity contribution < 1.29 is 13.9 Å². The van der Waals surface area contributed by atoms with E-state index in [-0.39, 0.29) is 12.2 Å². The van der Waals surface area contributed by atoms with E-state index in [1.807, 2.05) is 0 Å². The van der Waals surface area contributed by atoms with Gasteiger partial charge in [0.25, 0.3) is 5.56 Å². The smallest absolute Gasteiger partial charge is 0.420 e. The molecule has 0 unspecified atom stereocenters. The first-order chi connectivity index (χ1) is 13.0. The molecule has 0 N–H and O–H groups in total. The third-order valence-corrected chi connectivity index (χ3v) is 4.23. The Morgan fingerprint density at radius 3 is 2.81 bits per heavy atom. The van der Waals surface area contributed by atoms with Gasteiger partial charge in [0, 0.05) is 12.3 Å². The van der Waals surface area contributed by atoms with Gasteiger partial charge in [-0.3, -0.25) is 13.8 Å². The fourth-order valence-corrected chi connectivity index (χ4v) is 2.90. The number of oxazole rings is 1. The minimum atomic E-state index is -0.886. The Labute approximate surface area is 152 Å². The van der Waals surface area contributed by atoms with Crippen LogP contribution in [0.5, 0.6) is 0 Å². The summed E-state index contributed by atoms with van der Waals surface area (Å²) in [4.78, 5) is 40.9. The molecule has 3 heterocycles. The summed E-state index contributed by atoms with van der Waals surface area (Å²) >= 11 is 0. The number of carbonyl (C=O) groups excluding carboxylic acids is 1. The molecule has 1 aromatic carbocycles. The molecule has 0 aliphatic heterocycles. The second-order valence-corrected chi connectivity index (χ2v) is 6.00. The molecular formula is C19H15N3O5. The van der Waals surface area contributed by atoms with Crippen LogP contribution in [0.25, 0.3) is 16.7 Å². The van der Waals surface area contributed by atoms with Crippen molar-refractivity contribution >= 4 is 22.7 Å². The molecule has 0 saturated carbocycles. The van der Waals surface area contributed by atoms with E-state index in [1.165, 1.54) is 15.0 Å². The van der Waals surface area contributed by atoms with Crippen LogP contribution >= 0.6 is 0 Å². The zero-order valence-corrected chi connectivity index (χ0v) is 14.4. The van der Waals surface area contributed by atoms with Crippen molar-refractivity contribution in [3.8, 4) is 0 Å². The van der Waals surface area contributed by atoms with Gasteiger partial charge in [0.05, 0.1) is 11.2 Å². The van der Waals surface area contributed by atoms with Crippen LogP contribution in [0.2, 0.25) is 0 Å². The number of nitrogens with zero attached hydrogens (tertiary/aromatic N) is 3. The highest BCUT2D eigenvalue weighted by atomic mass is 16.5. The molecule has 0 amide bonds. The Bertz CT molecular complexity index is 1270. The predicted molar refractivity (Wildman–Crippen MR) is 96.4 cm³/mol. The van der Waals surface area contributed by atoms with Gasteiger partial charge in [-0.2, -0.15) is 0 Å². The van der Waals surface area contributed by atoms with Crippen LogP contribution in [0, 0.1) is 0 Å². The molecule has 0 aliphatic rings. The molecular weight excluding hydrogens is 350 g/mol. The number of rotatable bonds is 4. The SMILES string of the molecule is C[C@H](C(=O)OCc1cc(=O)n2ccccc2n1)n1c(=O)oc2ccccc21. The number of carbonyl (C=O) groups is 1. The van der Waals surface area contributed by atoms with Crippen LogP contribution in [0.4, 0.5) is 0 Å². The fraction of sp³-hybridized carbons (Fsp3) is 0.158. The second-order valence-electron chi connectivity index (χ2n) is 6.00. The normalized spacial score (nSPS) is 12.3. The van der Waals surface area contributed by atoms with Gasteiger partial charge in [-0.05, 0) is 31.2 Å². The highest BCUT2D eigenvalue weighted by Gasteiger charge is 2.22. The summed E-state index contributed by atoms with van der Waals surface area (Å²) in [6.45, 7) is 1.38. The molecule has 0 aliphatic carbocycles. The summed E-state index contributed by atoms with van der Waals surface area (Å²) in [7, 11) is 0. The van der Waals surface area contributed by atoms with Gasteiger partial charge in [-0.15, -0.1) is 0 Å². The summed E-state index contributed by atoms with van der Waals surface area (Å²) < 4.78 is 13.0. The lowest BCUT2D eigenvalue weighted by Gasteiger charge is -2.12. The van der Waals surface area contributed by atoms with Gasteiger partial charge in [0.2, 0.25) is 0 Å². The highest BCUT2D eigenvalue weighted by Crippen LogP contribution is 2.17. The molecule has 136 valence electrons. The Morgan fingerprint density at radius 2 is 1.96 bits per heavy atom. The first kappa shape index (κ1) is 16.8. The first-order valence-corrected chi connectivity index (χ1v) is 8.28. The van der Waals surface area contributed by atoms with Crippen molar-refractivity contribution in [1.29, 1.82) is 0 Å². The molecule has 27 heavy (non-hydrogen) atoms. The van der Waals surface area contributed by atoms with Gasteiger partial charge in [0.1, 0.15) is 18.3 Å². The standard InChI is InChI=1S/C19H15N3O5/c1-12(22-14-6-2-3-7-15(14)27-19(22)25)18(24)26-11-13-10-17(23)21-9-5-4-8-16(21)20-13/h2-10,12H,11H2,1H3/t12-/m1/s1. The van der Waals surface area contributed by atoms with Gasteiger partial charge in [-0.1, -0.05) is 18.2 Å². The number of esters is 1. The van der Waals surface area contributed by atoms with E-state index in [9.17, 15) is 14.4 Å². The van der Waals surface area contributed by atoms with E-state index < -0.39 is 17.8 Å². The monoisotopic (exact) mass is 365 g/mol. The summed E-state index contributed by atoms with van der Waals surface area (Å²) in [5, 5.41) is 0. The number of aromatic nitrogens is 3. The maximum Gasteiger partial charge on any atom is 0.420 e. The Kier molecular flexibility index (Phi) is 4.08. The average Bonchev–Trinajstić information content (AvgIpc) is 3.01. The van der Waals surface area contributed by atoms with Crippen LogP contribution in [0.3, 0.4) is 0 Å². The molecule has 0 spiro atoms. The zero-order valence-electron chi connectivity index (χ0n) is 14.4. The summed E-state index contributed by atoms with van der Waals surface area (Å²) in [6.07, 6.45) is 1.61. The van der Waals surface area contributed by atoms with Crippen molar-refractivity contribution in [3.63, 3.8) is 0 Å². The molecule has 4 aromatic rings. The number of para-hydroxylation sites is 2. The van der Waals surface area contributed by atoms with Crippen LogP contribution < -0.4 is 11.3 Å². The Hall–Kier alpha value is -3.68. The minimum absolute atomic E-state index is 0.172. The molecule has 0 fully saturated rings. The third-order valence-electron chi connectivity index (χ3n) is 4.23. The van der Waals surface area contributed by atoms with Crippen molar-refractivity contribution in [2.24, 2.45) is 0 Å². The van der Waals surface area contributed by atoms with Gasteiger partial charge >= 0.3 is 11.7 Å². The molecule has 8 nitrogen and oxygen atoms in total. The van der Waals surface area contributed by atoms with E-state index in [2.05, 4.69) is 4.98 Å². The molecule has 0 bridgehead atoms. The first-order valence-electron chi connectivity index (χ1n) is 8.28. The predicted octanol–water partition coefficient (Wildman–Crippen LogP) is 1.91. The van der Waals surface area contributed by atoms with E-state index in [1.54, 1.807) is 55.6 Å². The van der Waals surface area contributed by atoms with Crippen LogP contribution in [-0.2, 0) is 16.1 Å². The van der Waals surface area contributed by atoms with Gasteiger partial charge in [0.15, 0.2) is 5.58 Å². The topological polar surface area (TPSA) is 95.8 Å². The quantitative estimate of drug-likeness (QED) is 0.513. The molecule has 3 aromatic heterocycles. The van der Waals surface area contributed by atoms with Crippen LogP contribution in [0.1, 0.15) is 18.7 Å². The number of fused-ring (bicyclic) bond motifs is 2. The van der Waals surface area contributed by atoms with Gasteiger partial charge in [-0.25, -0.2) is 14.6 Å². The van der Waals surface area contributed by atoms with Crippen LogP contribution in [0.15, 0.2) is 68.7 Å². The number of benzene rings is 1. The minimum Gasteiger partial charge on any atom is -0.458 e. The molecule has 0 saturated heterocycles. The number of hydrogen-bond acceptors (Lipinski definition) is 6. The summed E-state index contributed by atoms with van der Waals surface area (Å²) in [6, 6.07) is 12.4. The largest absolute Gasteiger partial charge is 0.458 e. The average molecular weight is 365 g/mol. The molecule has 0 radical (unpaired) electrons. The van der Waals surface area contributed by atoms with Crippen molar-refractivity contribution in [3.05, 3.63) is 81.3 Å². The number of pyridine rings is 1. The third kappa shape index (κ3) is 3.01. The summed E-state index contributed by atoms with van der Waals surface area (Å²) in [5.41, 5.74) is 1.43. The zero-order chi connectivity index (χ0) is 19.0. The highest BCUT2D eigenvalue weighted by molar-refractivity contribution is 5.79. The lowest BCUT2D eigenvalue weighted by Crippen LogP contribution is -2.26.